The van der Waals surface area contributed by atoms with Crippen LogP contribution in [-0.2, 0) is 11.3 Å². The highest BCUT2D eigenvalue weighted by Crippen LogP contribution is 2.24. The van der Waals surface area contributed by atoms with Gasteiger partial charge in [-0.15, -0.1) is 0 Å². The van der Waals surface area contributed by atoms with Crippen LogP contribution >= 0.6 is 0 Å². The van der Waals surface area contributed by atoms with Crippen LogP contribution < -0.4 is 16.0 Å². The molecule has 0 bridgehead atoms. The third kappa shape index (κ3) is 5.22. The van der Waals surface area contributed by atoms with Crippen LogP contribution in [0.3, 0.4) is 0 Å². The zero-order valence-electron chi connectivity index (χ0n) is 16.9. The van der Waals surface area contributed by atoms with E-state index in [1.54, 1.807) is 11.9 Å². The molecule has 27 heavy (non-hydrogen) atoms. The van der Waals surface area contributed by atoms with E-state index in [9.17, 15) is 4.79 Å². The van der Waals surface area contributed by atoms with Crippen LogP contribution in [0.15, 0.2) is 6.07 Å². The maximum absolute atomic E-state index is 12.2. The molecular formula is C19H32N6O2. The molecule has 1 aliphatic heterocycles. The first-order valence-corrected chi connectivity index (χ1v) is 9.79. The SMILES string of the molecule is CN(C(=O)OC(C)(C)C)C1CN(c2cc(CNC3CCCC3)nc(N)n2)C1. The Labute approximate surface area is 161 Å². The number of nitrogens with two attached hydrogens (primary N) is 1. The number of nitrogen functional groups attached to an aromatic ring is 1. The summed E-state index contributed by atoms with van der Waals surface area (Å²) in [6.45, 7) is 7.74. The number of amides is 1. The Hall–Kier alpha value is -2.09. The van der Waals surface area contributed by atoms with Crippen LogP contribution in [0.1, 0.15) is 52.1 Å². The maximum Gasteiger partial charge on any atom is 0.410 e. The normalized spacial score (nSPS) is 18.4. The zero-order chi connectivity index (χ0) is 19.6. The number of nitrogens with one attached hydrogen (secondary N) is 1. The number of carbonyl (C=O) groups is 1. The number of likely N-dealkylation sites (N-methyl/N-ethyl adjacent to an activating group) is 1. The third-order valence-corrected chi connectivity index (χ3v) is 5.13. The van der Waals surface area contributed by atoms with Gasteiger partial charge in [-0.1, -0.05) is 12.8 Å². The molecule has 8 heteroatoms. The molecule has 0 spiro atoms. The van der Waals surface area contributed by atoms with Gasteiger partial charge in [0, 0.05) is 38.8 Å². The molecule has 1 saturated heterocycles. The van der Waals surface area contributed by atoms with E-state index in [4.69, 9.17) is 10.5 Å². The highest BCUT2D eigenvalue weighted by Gasteiger charge is 2.35. The van der Waals surface area contributed by atoms with E-state index in [0.29, 0.717) is 31.6 Å². The molecule has 1 saturated carbocycles. The Morgan fingerprint density at radius 1 is 1.33 bits per heavy atom. The molecule has 1 amide bonds. The maximum atomic E-state index is 12.2. The highest BCUT2D eigenvalue weighted by atomic mass is 16.6. The van der Waals surface area contributed by atoms with Gasteiger partial charge in [0.05, 0.1) is 11.7 Å². The molecule has 2 fully saturated rings. The average molecular weight is 377 g/mol. The minimum Gasteiger partial charge on any atom is -0.444 e. The summed E-state index contributed by atoms with van der Waals surface area (Å²) in [6, 6.07) is 2.68. The summed E-state index contributed by atoms with van der Waals surface area (Å²) >= 11 is 0. The van der Waals surface area contributed by atoms with Crippen molar-refractivity contribution < 1.29 is 9.53 Å². The summed E-state index contributed by atoms with van der Waals surface area (Å²) < 4.78 is 5.43. The van der Waals surface area contributed by atoms with Crippen molar-refractivity contribution in [1.29, 1.82) is 0 Å². The topological polar surface area (TPSA) is 96.6 Å². The van der Waals surface area contributed by atoms with Gasteiger partial charge in [-0.3, -0.25) is 0 Å². The molecular weight excluding hydrogens is 344 g/mol. The van der Waals surface area contributed by atoms with Gasteiger partial charge >= 0.3 is 6.09 Å². The van der Waals surface area contributed by atoms with Gasteiger partial charge in [-0.05, 0) is 33.6 Å². The van der Waals surface area contributed by atoms with Gasteiger partial charge in [-0.2, -0.15) is 4.98 Å². The predicted molar refractivity (Wildman–Crippen MR) is 106 cm³/mol. The predicted octanol–water partition coefficient (Wildman–Crippen LogP) is 2.15. The van der Waals surface area contributed by atoms with Crippen LogP contribution in [0.4, 0.5) is 16.6 Å². The number of nitrogens with zero attached hydrogens (tertiary/aromatic N) is 4. The average Bonchev–Trinajstić information content (AvgIpc) is 3.02. The number of hydrogen-bond acceptors (Lipinski definition) is 7. The van der Waals surface area contributed by atoms with E-state index in [2.05, 4.69) is 20.2 Å². The molecule has 3 N–H and O–H groups in total. The smallest absolute Gasteiger partial charge is 0.410 e. The summed E-state index contributed by atoms with van der Waals surface area (Å²) in [6.07, 6.45) is 4.77. The number of ether oxygens (including phenoxy) is 1. The van der Waals surface area contributed by atoms with E-state index in [-0.39, 0.29) is 12.1 Å². The Balaban J connectivity index is 1.54. The number of aromatic nitrogens is 2. The van der Waals surface area contributed by atoms with E-state index >= 15 is 0 Å². The fourth-order valence-corrected chi connectivity index (χ4v) is 3.50. The van der Waals surface area contributed by atoms with Crippen molar-refractivity contribution in [3.8, 4) is 0 Å². The van der Waals surface area contributed by atoms with Gasteiger partial charge in [0.2, 0.25) is 5.95 Å². The standard InChI is InChI=1S/C19H32N6O2/c1-19(2,3)27-18(26)24(4)15-11-25(12-15)16-9-14(22-17(20)23-16)10-21-13-7-5-6-8-13/h9,13,15,21H,5-8,10-12H2,1-4H3,(H2,20,22,23). The monoisotopic (exact) mass is 376 g/mol. The summed E-state index contributed by atoms with van der Waals surface area (Å²) in [5.41, 5.74) is 6.33. The molecule has 150 valence electrons. The van der Waals surface area contributed by atoms with Crippen LogP contribution in [-0.4, -0.2) is 58.8 Å². The Bertz CT molecular complexity index is 663. The van der Waals surface area contributed by atoms with Crippen LogP contribution in [0.25, 0.3) is 0 Å². The molecule has 2 aliphatic rings. The van der Waals surface area contributed by atoms with E-state index in [1.807, 2.05) is 26.8 Å². The zero-order valence-corrected chi connectivity index (χ0v) is 16.9. The molecule has 0 unspecified atom stereocenters. The van der Waals surface area contributed by atoms with Gasteiger partial charge in [0.1, 0.15) is 11.4 Å². The second-order valence-corrected chi connectivity index (χ2v) is 8.59. The van der Waals surface area contributed by atoms with Crippen molar-refractivity contribution in [2.24, 2.45) is 0 Å². The van der Waals surface area contributed by atoms with Crippen molar-refractivity contribution in [2.45, 2.75) is 70.7 Å². The summed E-state index contributed by atoms with van der Waals surface area (Å²) in [5, 5.41) is 3.56. The minimum absolute atomic E-state index is 0.108. The molecule has 1 aromatic rings. The molecule has 1 aliphatic carbocycles. The second-order valence-electron chi connectivity index (χ2n) is 8.59. The number of rotatable bonds is 5. The molecule has 3 rings (SSSR count). The van der Waals surface area contributed by atoms with Crippen LogP contribution in [0.5, 0.6) is 0 Å². The first-order chi connectivity index (χ1) is 12.7. The summed E-state index contributed by atoms with van der Waals surface area (Å²) in [7, 11) is 1.78. The molecule has 0 aromatic carbocycles. The van der Waals surface area contributed by atoms with Crippen molar-refractivity contribution in [2.75, 3.05) is 30.8 Å². The van der Waals surface area contributed by atoms with Crippen molar-refractivity contribution in [3.05, 3.63) is 11.8 Å². The van der Waals surface area contributed by atoms with E-state index in [1.165, 1.54) is 25.7 Å². The van der Waals surface area contributed by atoms with E-state index < -0.39 is 5.60 Å². The fraction of sp³-hybridized carbons (Fsp3) is 0.737. The molecule has 0 atom stereocenters. The quantitative estimate of drug-likeness (QED) is 0.813. The Morgan fingerprint density at radius 3 is 2.63 bits per heavy atom. The van der Waals surface area contributed by atoms with Crippen LogP contribution in [0.2, 0.25) is 0 Å². The van der Waals surface area contributed by atoms with Gasteiger partial charge in [0.15, 0.2) is 0 Å². The van der Waals surface area contributed by atoms with Gasteiger partial charge in [0.25, 0.3) is 0 Å². The molecule has 2 heterocycles. The van der Waals surface area contributed by atoms with Gasteiger partial charge in [-0.25, -0.2) is 9.78 Å². The lowest BCUT2D eigenvalue weighted by Gasteiger charge is -2.44. The molecule has 8 nitrogen and oxygen atoms in total. The number of hydrogen-bond donors (Lipinski definition) is 2. The Morgan fingerprint density at radius 2 is 2.00 bits per heavy atom. The van der Waals surface area contributed by atoms with Crippen LogP contribution in [0, 0.1) is 0 Å². The fourth-order valence-electron chi connectivity index (χ4n) is 3.50. The van der Waals surface area contributed by atoms with Crippen molar-refractivity contribution >= 4 is 17.9 Å². The minimum atomic E-state index is -0.489. The molecule has 1 aromatic heterocycles. The van der Waals surface area contributed by atoms with Gasteiger partial charge < -0.3 is 25.6 Å². The lowest BCUT2D eigenvalue weighted by atomic mass is 10.1. The summed E-state index contributed by atoms with van der Waals surface area (Å²) in [4.78, 5) is 24.7. The highest BCUT2D eigenvalue weighted by molar-refractivity contribution is 5.69. The lowest BCUT2D eigenvalue weighted by molar-refractivity contribution is 0.0196. The number of anilines is 2. The Kier molecular flexibility index (Phi) is 5.74. The first-order valence-electron chi connectivity index (χ1n) is 9.79. The lowest BCUT2D eigenvalue weighted by Crippen LogP contribution is -2.60. The number of carbonyl (C=O) groups excluding carboxylic acids is 1. The summed E-state index contributed by atoms with van der Waals surface area (Å²) in [5.74, 6) is 1.11. The third-order valence-electron chi connectivity index (χ3n) is 5.13. The first kappa shape index (κ1) is 19.7. The second kappa shape index (κ2) is 7.88. The molecule has 0 radical (unpaired) electrons. The largest absolute Gasteiger partial charge is 0.444 e. The van der Waals surface area contributed by atoms with Crippen molar-refractivity contribution in [3.63, 3.8) is 0 Å². The van der Waals surface area contributed by atoms with E-state index in [0.717, 1.165) is 11.5 Å². The van der Waals surface area contributed by atoms with Crippen molar-refractivity contribution in [1.82, 2.24) is 20.2 Å².